The molecule has 0 spiro atoms. The van der Waals surface area contributed by atoms with Crippen LogP contribution in [0.15, 0.2) is 0 Å². The third-order valence-electron chi connectivity index (χ3n) is 2.60. The van der Waals surface area contributed by atoms with Gasteiger partial charge in [-0.3, -0.25) is 4.68 Å². The molecule has 4 N–H and O–H groups in total. The first-order valence-electron chi connectivity index (χ1n) is 5.44. The normalized spacial score (nSPS) is 12.6. The zero-order valence-corrected chi connectivity index (χ0v) is 10.1. The summed E-state index contributed by atoms with van der Waals surface area (Å²) in [7, 11) is 1.85. The number of hydrogen-bond acceptors (Lipinski definition) is 6. The van der Waals surface area contributed by atoms with Crippen LogP contribution in [0.3, 0.4) is 0 Å². The van der Waals surface area contributed by atoms with Gasteiger partial charge in [-0.05, 0) is 13.3 Å². The van der Waals surface area contributed by atoms with Crippen LogP contribution in [0, 0.1) is 0 Å². The minimum atomic E-state index is -0.0869. The summed E-state index contributed by atoms with van der Waals surface area (Å²) in [5, 5.41) is 21.3. The van der Waals surface area contributed by atoms with Gasteiger partial charge in [-0.2, -0.15) is 10.3 Å². The van der Waals surface area contributed by atoms with Crippen molar-refractivity contribution in [2.45, 2.75) is 26.3 Å². The van der Waals surface area contributed by atoms with E-state index in [1.54, 1.807) is 4.68 Å². The fourth-order valence-electron chi connectivity index (χ4n) is 1.65. The lowest BCUT2D eigenvalue weighted by molar-refractivity contribution is 0.721. The van der Waals surface area contributed by atoms with Crippen LogP contribution in [0.5, 0.6) is 0 Å². The minimum absolute atomic E-state index is 0.0869. The van der Waals surface area contributed by atoms with E-state index in [4.69, 9.17) is 5.73 Å². The van der Waals surface area contributed by atoms with Crippen LogP contribution in [-0.2, 0) is 13.5 Å². The second-order valence-corrected chi connectivity index (χ2v) is 3.82. The number of nitrogens with two attached hydrogens (primary N) is 1. The summed E-state index contributed by atoms with van der Waals surface area (Å²) in [4.78, 5) is 0. The first kappa shape index (κ1) is 11.4. The number of nitrogens with one attached hydrogen (secondary N) is 2. The quantitative estimate of drug-likeness (QED) is 0.701. The maximum Gasteiger partial charge on any atom is 0.196 e. The molecule has 0 aromatic carbocycles. The molecule has 8 nitrogen and oxygen atoms in total. The zero-order chi connectivity index (χ0) is 12.4. The van der Waals surface area contributed by atoms with Crippen LogP contribution in [0.4, 0.5) is 11.5 Å². The molecule has 92 valence electrons. The molecule has 1 unspecified atom stereocenters. The van der Waals surface area contributed by atoms with Gasteiger partial charge >= 0.3 is 0 Å². The number of nitrogens with zero attached hydrogens (tertiary/aromatic N) is 5. The number of rotatable bonds is 4. The molecule has 0 aliphatic rings. The Bertz CT molecular complexity index is 485. The zero-order valence-electron chi connectivity index (χ0n) is 10.1. The summed E-state index contributed by atoms with van der Waals surface area (Å²) in [6, 6.07) is -0.0869. The Morgan fingerprint density at radius 3 is 2.82 bits per heavy atom. The lowest BCUT2D eigenvalue weighted by Gasteiger charge is -2.12. The van der Waals surface area contributed by atoms with Gasteiger partial charge in [-0.25, -0.2) is 0 Å². The van der Waals surface area contributed by atoms with E-state index in [1.807, 2.05) is 20.9 Å². The SMILES string of the molecule is CCc1nn(C)c(NC(C)c2nn[nH]n2)c1N. The number of aromatic amines is 1. The topological polar surface area (TPSA) is 110 Å². The molecule has 0 amide bonds. The maximum absolute atomic E-state index is 6.01. The fourth-order valence-corrected chi connectivity index (χ4v) is 1.65. The van der Waals surface area contributed by atoms with Crippen molar-refractivity contribution in [2.75, 3.05) is 11.1 Å². The van der Waals surface area contributed by atoms with Crippen LogP contribution in [0.2, 0.25) is 0 Å². The first-order valence-corrected chi connectivity index (χ1v) is 5.44. The molecule has 0 bridgehead atoms. The highest BCUT2D eigenvalue weighted by atomic mass is 15.5. The van der Waals surface area contributed by atoms with Crippen molar-refractivity contribution >= 4 is 11.5 Å². The second kappa shape index (κ2) is 4.40. The number of nitrogen functional groups attached to an aromatic ring is 1. The van der Waals surface area contributed by atoms with Gasteiger partial charge in [0.2, 0.25) is 0 Å². The molecule has 0 aliphatic heterocycles. The molecular weight excluding hydrogens is 220 g/mol. The molecule has 1 atom stereocenters. The van der Waals surface area contributed by atoms with Gasteiger partial charge < -0.3 is 11.1 Å². The highest BCUT2D eigenvalue weighted by molar-refractivity contribution is 5.65. The van der Waals surface area contributed by atoms with Gasteiger partial charge in [0.1, 0.15) is 5.82 Å². The Labute approximate surface area is 98.6 Å². The van der Waals surface area contributed by atoms with Gasteiger partial charge in [0.15, 0.2) is 5.82 Å². The number of hydrogen-bond donors (Lipinski definition) is 3. The van der Waals surface area contributed by atoms with E-state index in [0.717, 1.165) is 17.9 Å². The molecule has 0 saturated carbocycles. The van der Waals surface area contributed by atoms with Crippen molar-refractivity contribution in [3.63, 3.8) is 0 Å². The maximum atomic E-state index is 6.01. The highest BCUT2D eigenvalue weighted by Crippen LogP contribution is 2.25. The Morgan fingerprint density at radius 2 is 2.29 bits per heavy atom. The highest BCUT2D eigenvalue weighted by Gasteiger charge is 2.16. The molecular formula is C9H16N8. The molecule has 0 fully saturated rings. The molecule has 8 heteroatoms. The third kappa shape index (κ3) is 2.05. The van der Waals surface area contributed by atoms with Crippen LogP contribution < -0.4 is 11.1 Å². The Balaban J connectivity index is 2.21. The standard InChI is InChI=1S/C9H16N8/c1-4-6-7(10)9(17(3)14-6)11-5(2)8-12-15-16-13-8/h5,11H,4,10H2,1-3H3,(H,12,13,15,16). The van der Waals surface area contributed by atoms with E-state index in [-0.39, 0.29) is 6.04 Å². The molecule has 2 rings (SSSR count). The number of H-pyrrole nitrogens is 1. The smallest absolute Gasteiger partial charge is 0.196 e. The van der Waals surface area contributed by atoms with E-state index in [2.05, 4.69) is 31.0 Å². The third-order valence-corrected chi connectivity index (χ3v) is 2.60. The van der Waals surface area contributed by atoms with E-state index in [9.17, 15) is 0 Å². The summed E-state index contributed by atoms with van der Waals surface area (Å²) in [6.07, 6.45) is 0.804. The number of tetrazole rings is 1. The van der Waals surface area contributed by atoms with Gasteiger partial charge in [-0.15, -0.1) is 10.2 Å². The monoisotopic (exact) mass is 236 g/mol. The first-order chi connectivity index (χ1) is 8.13. The number of aromatic nitrogens is 6. The Hall–Kier alpha value is -2.12. The van der Waals surface area contributed by atoms with Crippen molar-refractivity contribution in [3.8, 4) is 0 Å². The summed E-state index contributed by atoms with van der Waals surface area (Å²) in [5.74, 6) is 1.36. The second-order valence-electron chi connectivity index (χ2n) is 3.82. The Kier molecular flexibility index (Phi) is 2.94. The predicted octanol–water partition coefficient (Wildman–Crippen LogP) is 0.251. The average molecular weight is 236 g/mol. The molecule has 2 heterocycles. The van der Waals surface area contributed by atoms with Crippen LogP contribution in [0.25, 0.3) is 0 Å². The molecule has 2 aromatic heterocycles. The van der Waals surface area contributed by atoms with Gasteiger partial charge in [-0.1, -0.05) is 12.1 Å². The summed E-state index contributed by atoms with van der Waals surface area (Å²) < 4.78 is 1.73. The van der Waals surface area contributed by atoms with Crippen LogP contribution in [0.1, 0.15) is 31.4 Å². The summed E-state index contributed by atoms with van der Waals surface area (Å²) in [5.41, 5.74) is 7.56. The van der Waals surface area contributed by atoms with Crippen LogP contribution >= 0.6 is 0 Å². The van der Waals surface area contributed by atoms with E-state index in [0.29, 0.717) is 11.5 Å². The lowest BCUT2D eigenvalue weighted by Crippen LogP contribution is -2.12. The number of aryl methyl sites for hydroxylation is 2. The molecule has 2 aromatic rings. The van der Waals surface area contributed by atoms with E-state index >= 15 is 0 Å². The number of anilines is 2. The molecule has 0 saturated heterocycles. The predicted molar refractivity (Wildman–Crippen MR) is 63.2 cm³/mol. The van der Waals surface area contributed by atoms with Gasteiger partial charge in [0.05, 0.1) is 17.4 Å². The van der Waals surface area contributed by atoms with Gasteiger partial charge in [0.25, 0.3) is 0 Å². The minimum Gasteiger partial charge on any atom is -0.394 e. The Morgan fingerprint density at radius 1 is 1.53 bits per heavy atom. The lowest BCUT2D eigenvalue weighted by atomic mass is 10.2. The summed E-state index contributed by atoms with van der Waals surface area (Å²) in [6.45, 7) is 3.95. The van der Waals surface area contributed by atoms with Crippen LogP contribution in [-0.4, -0.2) is 30.4 Å². The van der Waals surface area contributed by atoms with Crippen molar-refractivity contribution in [3.05, 3.63) is 11.5 Å². The van der Waals surface area contributed by atoms with Crippen molar-refractivity contribution in [1.29, 1.82) is 0 Å². The fraction of sp³-hybridized carbons (Fsp3) is 0.556. The van der Waals surface area contributed by atoms with E-state index < -0.39 is 0 Å². The molecule has 0 radical (unpaired) electrons. The summed E-state index contributed by atoms with van der Waals surface area (Å²) >= 11 is 0. The van der Waals surface area contributed by atoms with E-state index in [1.165, 1.54) is 0 Å². The van der Waals surface area contributed by atoms with Gasteiger partial charge in [0, 0.05) is 7.05 Å². The average Bonchev–Trinajstić information content (AvgIpc) is 2.92. The molecule has 0 aliphatic carbocycles. The van der Waals surface area contributed by atoms with Crippen molar-refractivity contribution in [2.24, 2.45) is 7.05 Å². The van der Waals surface area contributed by atoms with Crippen molar-refractivity contribution < 1.29 is 0 Å². The van der Waals surface area contributed by atoms with Crippen molar-refractivity contribution in [1.82, 2.24) is 30.4 Å². The largest absolute Gasteiger partial charge is 0.394 e. The molecule has 17 heavy (non-hydrogen) atoms.